The molecular weight excluding hydrogens is 224 g/mol. The number of hydrogen-bond acceptors (Lipinski definition) is 4. The number of hydrogen-bond donors (Lipinski definition) is 1. The molecule has 2 rings (SSSR count). The zero-order chi connectivity index (χ0) is 13.0. The summed E-state index contributed by atoms with van der Waals surface area (Å²) < 4.78 is 0. The molecule has 0 aliphatic rings. The van der Waals surface area contributed by atoms with Crippen LogP contribution in [0.2, 0.25) is 0 Å². The van der Waals surface area contributed by atoms with Crippen LogP contribution in [0, 0.1) is 25.2 Å². The Hall–Kier alpha value is -2.41. The molecule has 0 radical (unpaired) electrons. The van der Waals surface area contributed by atoms with E-state index in [-0.39, 0.29) is 0 Å². The Kier molecular flexibility index (Phi) is 3.54. The number of nitriles is 1. The van der Waals surface area contributed by atoms with Crippen LogP contribution in [-0.2, 0) is 6.54 Å². The van der Waals surface area contributed by atoms with Gasteiger partial charge in [0.25, 0.3) is 0 Å². The topological polar surface area (TPSA) is 61.6 Å². The molecule has 18 heavy (non-hydrogen) atoms. The van der Waals surface area contributed by atoms with Crippen LogP contribution in [0.15, 0.2) is 30.3 Å². The van der Waals surface area contributed by atoms with E-state index in [1.807, 2.05) is 38.1 Å². The summed E-state index contributed by atoms with van der Waals surface area (Å²) in [4.78, 5) is 8.61. The molecule has 0 saturated carbocycles. The van der Waals surface area contributed by atoms with Crippen LogP contribution in [0.1, 0.15) is 22.5 Å². The van der Waals surface area contributed by atoms with Crippen molar-refractivity contribution in [3.63, 3.8) is 0 Å². The molecule has 90 valence electrons. The quantitative estimate of drug-likeness (QED) is 0.892. The standard InChI is InChI=1S/C14H14N4/c1-10-6-11(2)18-14(17-10)16-9-13-5-3-4-12(7-13)8-15/h3-7H,9H2,1-2H3,(H,16,17,18). The molecule has 2 aromatic rings. The molecule has 1 N–H and O–H groups in total. The van der Waals surface area contributed by atoms with Gasteiger partial charge in [0.1, 0.15) is 0 Å². The third-order valence-corrected chi connectivity index (χ3v) is 2.49. The van der Waals surface area contributed by atoms with Crippen molar-refractivity contribution in [2.24, 2.45) is 0 Å². The second kappa shape index (κ2) is 5.28. The van der Waals surface area contributed by atoms with E-state index in [1.165, 1.54) is 0 Å². The van der Waals surface area contributed by atoms with Crippen molar-refractivity contribution >= 4 is 5.95 Å². The molecule has 0 amide bonds. The molecule has 0 aliphatic carbocycles. The lowest BCUT2D eigenvalue weighted by molar-refractivity contribution is 1.00. The molecule has 1 aromatic heterocycles. The molecule has 0 unspecified atom stereocenters. The fourth-order valence-electron chi connectivity index (χ4n) is 1.74. The van der Waals surface area contributed by atoms with Crippen LogP contribution in [0.25, 0.3) is 0 Å². The number of anilines is 1. The van der Waals surface area contributed by atoms with Crippen LogP contribution >= 0.6 is 0 Å². The minimum absolute atomic E-state index is 0.610. The molecule has 1 heterocycles. The SMILES string of the molecule is Cc1cc(C)nc(NCc2cccc(C#N)c2)n1. The first-order valence-corrected chi connectivity index (χ1v) is 5.72. The van der Waals surface area contributed by atoms with Crippen LogP contribution in [0.3, 0.4) is 0 Å². The molecule has 1 aromatic carbocycles. The number of rotatable bonds is 3. The summed E-state index contributed by atoms with van der Waals surface area (Å²) >= 11 is 0. The number of nitrogens with one attached hydrogen (secondary N) is 1. The van der Waals surface area contributed by atoms with Gasteiger partial charge in [-0.1, -0.05) is 12.1 Å². The Bertz CT molecular complexity index is 579. The molecule has 0 atom stereocenters. The van der Waals surface area contributed by atoms with Crippen molar-refractivity contribution < 1.29 is 0 Å². The molecule has 0 saturated heterocycles. The molecule has 0 spiro atoms. The van der Waals surface area contributed by atoms with Crippen LogP contribution in [0.4, 0.5) is 5.95 Å². The predicted molar refractivity (Wildman–Crippen MR) is 70.0 cm³/mol. The summed E-state index contributed by atoms with van der Waals surface area (Å²) in [7, 11) is 0. The Morgan fingerprint density at radius 1 is 1.17 bits per heavy atom. The largest absolute Gasteiger partial charge is 0.350 e. The Labute approximate surface area is 106 Å². The second-order valence-corrected chi connectivity index (χ2v) is 4.14. The maximum atomic E-state index is 8.82. The minimum atomic E-state index is 0.610. The monoisotopic (exact) mass is 238 g/mol. The molecule has 0 fully saturated rings. The zero-order valence-electron chi connectivity index (χ0n) is 10.4. The maximum absolute atomic E-state index is 8.82. The highest BCUT2D eigenvalue weighted by Gasteiger charge is 2.00. The minimum Gasteiger partial charge on any atom is -0.350 e. The number of nitrogens with zero attached hydrogens (tertiary/aromatic N) is 3. The van der Waals surface area contributed by atoms with Crippen molar-refractivity contribution in [2.75, 3.05) is 5.32 Å². The van der Waals surface area contributed by atoms with Crippen molar-refractivity contribution in [1.29, 1.82) is 5.26 Å². The predicted octanol–water partition coefficient (Wildman–Crippen LogP) is 2.58. The van der Waals surface area contributed by atoms with E-state index < -0.39 is 0 Å². The van der Waals surface area contributed by atoms with Gasteiger partial charge in [-0.15, -0.1) is 0 Å². The smallest absolute Gasteiger partial charge is 0.223 e. The number of benzene rings is 1. The number of aryl methyl sites for hydroxylation is 2. The average Bonchev–Trinajstić information content (AvgIpc) is 2.35. The van der Waals surface area contributed by atoms with E-state index in [4.69, 9.17) is 5.26 Å². The van der Waals surface area contributed by atoms with Gasteiger partial charge >= 0.3 is 0 Å². The van der Waals surface area contributed by atoms with Gasteiger partial charge in [-0.05, 0) is 37.6 Å². The maximum Gasteiger partial charge on any atom is 0.223 e. The summed E-state index contributed by atoms with van der Waals surface area (Å²) in [5.41, 5.74) is 3.58. The van der Waals surface area contributed by atoms with Gasteiger partial charge < -0.3 is 5.32 Å². The molecule has 4 heteroatoms. The highest BCUT2D eigenvalue weighted by molar-refractivity contribution is 5.35. The first kappa shape index (κ1) is 12.1. The van der Waals surface area contributed by atoms with E-state index in [9.17, 15) is 0 Å². The van der Waals surface area contributed by atoms with Gasteiger partial charge in [0.15, 0.2) is 0 Å². The Balaban J connectivity index is 2.09. The van der Waals surface area contributed by atoms with Gasteiger partial charge in [0, 0.05) is 17.9 Å². The van der Waals surface area contributed by atoms with Crippen LogP contribution in [0.5, 0.6) is 0 Å². The third-order valence-electron chi connectivity index (χ3n) is 2.49. The normalized spacial score (nSPS) is 9.83. The molecule has 0 aliphatic heterocycles. The first-order chi connectivity index (χ1) is 8.67. The van der Waals surface area contributed by atoms with Crippen LogP contribution < -0.4 is 5.32 Å². The lowest BCUT2D eigenvalue weighted by atomic mass is 10.1. The van der Waals surface area contributed by atoms with Crippen molar-refractivity contribution in [3.05, 3.63) is 52.8 Å². The zero-order valence-corrected chi connectivity index (χ0v) is 10.4. The van der Waals surface area contributed by atoms with Gasteiger partial charge in [-0.25, -0.2) is 9.97 Å². The van der Waals surface area contributed by atoms with Crippen molar-refractivity contribution in [3.8, 4) is 6.07 Å². The fraction of sp³-hybridized carbons (Fsp3) is 0.214. The Morgan fingerprint density at radius 3 is 2.56 bits per heavy atom. The van der Waals surface area contributed by atoms with Crippen molar-refractivity contribution in [2.45, 2.75) is 20.4 Å². The van der Waals surface area contributed by atoms with E-state index in [0.29, 0.717) is 18.1 Å². The third kappa shape index (κ3) is 3.05. The summed E-state index contributed by atoms with van der Waals surface area (Å²) in [6, 6.07) is 11.5. The van der Waals surface area contributed by atoms with E-state index in [2.05, 4.69) is 21.4 Å². The van der Waals surface area contributed by atoms with Crippen molar-refractivity contribution in [1.82, 2.24) is 9.97 Å². The summed E-state index contributed by atoms with van der Waals surface area (Å²) in [5.74, 6) is 0.620. The van der Waals surface area contributed by atoms with Gasteiger partial charge in [0.05, 0.1) is 11.6 Å². The lowest BCUT2D eigenvalue weighted by Crippen LogP contribution is -2.05. The fourth-order valence-corrected chi connectivity index (χ4v) is 1.74. The van der Waals surface area contributed by atoms with E-state index >= 15 is 0 Å². The summed E-state index contributed by atoms with van der Waals surface area (Å²) in [6.07, 6.45) is 0. The van der Waals surface area contributed by atoms with Gasteiger partial charge in [-0.2, -0.15) is 5.26 Å². The lowest BCUT2D eigenvalue weighted by Gasteiger charge is -2.06. The second-order valence-electron chi connectivity index (χ2n) is 4.14. The van der Waals surface area contributed by atoms with Gasteiger partial charge in [0.2, 0.25) is 5.95 Å². The van der Waals surface area contributed by atoms with E-state index in [1.54, 1.807) is 6.07 Å². The highest BCUT2D eigenvalue weighted by atomic mass is 15.1. The first-order valence-electron chi connectivity index (χ1n) is 5.72. The molecule has 4 nitrogen and oxygen atoms in total. The van der Waals surface area contributed by atoms with Gasteiger partial charge in [-0.3, -0.25) is 0 Å². The number of aromatic nitrogens is 2. The Morgan fingerprint density at radius 2 is 1.89 bits per heavy atom. The summed E-state index contributed by atoms with van der Waals surface area (Å²) in [5, 5.41) is 12.0. The van der Waals surface area contributed by atoms with Crippen LogP contribution in [-0.4, -0.2) is 9.97 Å². The average molecular weight is 238 g/mol. The molecule has 0 bridgehead atoms. The van der Waals surface area contributed by atoms with E-state index in [0.717, 1.165) is 17.0 Å². The molecular formula is C14H14N4. The summed E-state index contributed by atoms with van der Waals surface area (Å²) in [6.45, 7) is 4.49. The highest BCUT2D eigenvalue weighted by Crippen LogP contribution is 2.08.